The molecule has 2 atom stereocenters. The number of nitrogens with zero attached hydrogens (tertiary/aromatic N) is 5. The second-order valence-corrected chi connectivity index (χ2v) is 8.83. The van der Waals surface area contributed by atoms with Gasteiger partial charge in [0.05, 0.1) is 5.41 Å². The highest BCUT2D eigenvalue weighted by Gasteiger charge is 2.54. The maximum absolute atomic E-state index is 13.4. The van der Waals surface area contributed by atoms with Crippen LogP contribution in [0.4, 0.5) is 16.4 Å². The van der Waals surface area contributed by atoms with Crippen molar-refractivity contribution >= 4 is 23.6 Å². The fraction of sp³-hybridized carbons (Fsp3) is 0.478. The number of anilines is 2. The fourth-order valence-corrected chi connectivity index (χ4v) is 4.86. The van der Waals surface area contributed by atoms with Crippen LogP contribution in [0, 0.1) is 18.3 Å². The minimum absolute atomic E-state index is 0.0115. The molecule has 164 valence electrons. The van der Waals surface area contributed by atoms with Gasteiger partial charge in [0.1, 0.15) is 0 Å². The zero-order chi connectivity index (χ0) is 22.0. The monoisotopic (exact) mass is 422 g/mol. The molecule has 8 nitrogen and oxygen atoms in total. The number of fused-ring (bicyclic) bond motifs is 1. The first kappa shape index (κ1) is 21.1. The van der Waals surface area contributed by atoms with Gasteiger partial charge in [-0.3, -0.25) is 4.79 Å². The van der Waals surface area contributed by atoms with Gasteiger partial charge in [0.25, 0.3) is 0 Å². The summed E-state index contributed by atoms with van der Waals surface area (Å²) in [5.74, 6) is 0.770. The molecule has 0 radical (unpaired) electrons. The summed E-state index contributed by atoms with van der Waals surface area (Å²) < 4.78 is 0. The summed E-state index contributed by atoms with van der Waals surface area (Å²) in [4.78, 5) is 40.8. The molecule has 8 heteroatoms. The van der Waals surface area contributed by atoms with Crippen molar-refractivity contribution in [3.8, 4) is 0 Å². The first-order chi connectivity index (χ1) is 14.9. The number of carbonyl (C=O) groups is 2. The lowest BCUT2D eigenvalue weighted by molar-refractivity contribution is -0.141. The van der Waals surface area contributed by atoms with E-state index in [2.05, 4.69) is 20.2 Å². The highest BCUT2D eigenvalue weighted by Crippen LogP contribution is 2.44. The Kier molecular flexibility index (Phi) is 5.80. The Bertz CT molecular complexity index is 933. The standard InChI is InChI=1S/C23H30N6O2/c1-17-6-8-19(9-7-17)26-22(31)28-13-4-10-23(20(30)27(2)3)16-29(15-18(23)14-28)21-24-11-5-12-25-21/h5-9,11-12,18H,4,10,13-16H2,1-3H3,(H,26,31)/t18-,23-/m0/s1. The number of rotatable bonds is 3. The van der Waals surface area contributed by atoms with E-state index in [0.717, 1.165) is 24.1 Å². The van der Waals surface area contributed by atoms with Crippen molar-refractivity contribution in [1.29, 1.82) is 0 Å². The van der Waals surface area contributed by atoms with Gasteiger partial charge in [-0.1, -0.05) is 17.7 Å². The molecule has 0 aliphatic carbocycles. The highest BCUT2D eigenvalue weighted by atomic mass is 16.2. The number of aromatic nitrogens is 2. The first-order valence-corrected chi connectivity index (χ1v) is 10.8. The maximum Gasteiger partial charge on any atom is 0.321 e. The lowest BCUT2D eigenvalue weighted by atomic mass is 9.74. The predicted octanol–water partition coefficient (Wildman–Crippen LogP) is 2.62. The Morgan fingerprint density at radius 3 is 2.52 bits per heavy atom. The Morgan fingerprint density at radius 2 is 1.84 bits per heavy atom. The van der Waals surface area contributed by atoms with E-state index in [1.54, 1.807) is 23.4 Å². The van der Waals surface area contributed by atoms with E-state index in [9.17, 15) is 9.59 Å². The molecule has 2 aliphatic heterocycles. The predicted molar refractivity (Wildman–Crippen MR) is 120 cm³/mol. The third kappa shape index (κ3) is 4.19. The summed E-state index contributed by atoms with van der Waals surface area (Å²) in [5, 5.41) is 3.01. The molecule has 31 heavy (non-hydrogen) atoms. The van der Waals surface area contributed by atoms with E-state index in [1.165, 1.54) is 0 Å². The fourth-order valence-electron chi connectivity index (χ4n) is 4.86. The van der Waals surface area contributed by atoms with Gasteiger partial charge < -0.3 is 20.0 Å². The van der Waals surface area contributed by atoms with Gasteiger partial charge in [-0.05, 0) is 38.0 Å². The van der Waals surface area contributed by atoms with Crippen LogP contribution in [0.5, 0.6) is 0 Å². The lowest BCUT2D eigenvalue weighted by Gasteiger charge is -2.34. The Hall–Kier alpha value is -3.16. The molecule has 1 aromatic heterocycles. The lowest BCUT2D eigenvalue weighted by Crippen LogP contribution is -2.48. The maximum atomic E-state index is 13.4. The van der Waals surface area contributed by atoms with Crippen LogP contribution in [0.25, 0.3) is 0 Å². The molecule has 0 saturated carbocycles. The van der Waals surface area contributed by atoms with Gasteiger partial charge in [0, 0.05) is 64.3 Å². The smallest absolute Gasteiger partial charge is 0.321 e. The molecular formula is C23H30N6O2. The second kappa shape index (κ2) is 8.53. The largest absolute Gasteiger partial charge is 0.348 e. The van der Waals surface area contributed by atoms with Crippen molar-refractivity contribution in [3.63, 3.8) is 0 Å². The quantitative estimate of drug-likeness (QED) is 0.822. The molecule has 2 saturated heterocycles. The van der Waals surface area contributed by atoms with Crippen molar-refractivity contribution < 1.29 is 9.59 Å². The van der Waals surface area contributed by atoms with Crippen LogP contribution in [0.1, 0.15) is 18.4 Å². The average molecular weight is 423 g/mol. The number of urea groups is 1. The molecule has 0 spiro atoms. The molecule has 2 aliphatic rings. The topological polar surface area (TPSA) is 81.7 Å². The molecule has 3 amide bonds. The Balaban J connectivity index is 1.56. The van der Waals surface area contributed by atoms with Crippen LogP contribution in [-0.4, -0.2) is 72.0 Å². The van der Waals surface area contributed by atoms with E-state index in [0.29, 0.717) is 32.1 Å². The van der Waals surface area contributed by atoms with Crippen LogP contribution in [0.3, 0.4) is 0 Å². The molecular weight excluding hydrogens is 392 g/mol. The van der Waals surface area contributed by atoms with Gasteiger partial charge in [-0.2, -0.15) is 0 Å². The normalized spacial score (nSPS) is 23.1. The number of likely N-dealkylation sites (tertiary alicyclic amines) is 1. The van der Waals surface area contributed by atoms with Crippen molar-refractivity contribution in [2.75, 3.05) is 50.5 Å². The third-order valence-electron chi connectivity index (χ3n) is 6.44. The molecule has 0 unspecified atom stereocenters. The third-order valence-corrected chi connectivity index (χ3v) is 6.44. The van der Waals surface area contributed by atoms with Crippen molar-refractivity contribution in [2.45, 2.75) is 19.8 Å². The number of aryl methyl sites for hydroxylation is 1. The van der Waals surface area contributed by atoms with Gasteiger partial charge in [0.15, 0.2) is 0 Å². The van der Waals surface area contributed by atoms with Crippen LogP contribution < -0.4 is 10.2 Å². The van der Waals surface area contributed by atoms with Crippen LogP contribution in [0.15, 0.2) is 42.7 Å². The van der Waals surface area contributed by atoms with Gasteiger partial charge in [0.2, 0.25) is 11.9 Å². The van der Waals surface area contributed by atoms with Gasteiger partial charge in [-0.15, -0.1) is 0 Å². The molecule has 2 fully saturated rings. The Morgan fingerprint density at radius 1 is 1.13 bits per heavy atom. The zero-order valence-corrected chi connectivity index (χ0v) is 18.4. The SMILES string of the molecule is Cc1ccc(NC(=O)N2CCC[C@]3(C(=O)N(C)C)CN(c4ncccn4)C[C@@H]3C2)cc1. The highest BCUT2D eigenvalue weighted by molar-refractivity contribution is 5.90. The van der Waals surface area contributed by atoms with E-state index in [4.69, 9.17) is 0 Å². The average Bonchev–Trinajstić information content (AvgIpc) is 3.04. The van der Waals surface area contributed by atoms with Crippen LogP contribution in [0.2, 0.25) is 0 Å². The number of hydrogen-bond donors (Lipinski definition) is 1. The number of hydrogen-bond acceptors (Lipinski definition) is 5. The summed E-state index contributed by atoms with van der Waals surface area (Å²) >= 11 is 0. The molecule has 1 N–H and O–H groups in total. The summed E-state index contributed by atoms with van der Waals surface area (Å²) in [6.45, 7) is 4.41. The van der Waals surface area contributed by atoms with Gasteiger partial charge in [-0.25, -0.2) is 14.8 Å². The number of amides is 3. The summed E-state index contributed by atoms with van der Waals surface area (Å²) in [5.41, 5.74) is 1.39. The van der Waals surface area contributed by atoms with E-state index < -0.39 is 5.41 Å². The van der Waals surface area contributed by atoms with E-state index in [-0.39, 0.29) is 17.9 Å². The van der Waals surface area contributed by atoms with Crippen LogP contribution in [-0.2, 0) is 4.79 Å². The minimum Gasteiger partial charge on any atom is -0.348 e. The van der Waals surface area contributed by atoms with Crippen molar-refractivity contribution in [3.05, 3.63) is 48.3 Å². The molecule has 3 heterocycles. The van der Waals surface area contributed by atoms with Gasteiger partial charge >= 0.3 is 6.03 Å². The van der Waals surface area contributed by atoms with Crippen LogP contribution >= 0.6 is 0 Å². The van der Waals surface area contributed by atoms with Crippen molar-refractivity contribution in [2.24, 2.45) is 11.3 Å². The summed E-state index contributed by atoms with van der Waals surface area (Å²) in [6.07, 6.45) is 4.96. The number of carbonyl (C=O) groups excluding carboxylic acids is 2. The second-order valence-electron chi connectivity index (χ2n) is 8.83. The van der Waals surface area contributed by atoms with E-state index in [1.807, 2.05) is 50.2 Å². The van der Waals surface area contributed by atoms with Crippen molar-refractivity contribution in [1.82, 2.24) is 19.8 Å². The molecule has 1 aromatic carbocycles. The molecule has 4 rings (SSSR count). The molecule has 2 aromatic rings. The summed E-state index contributed by atoms with van der Waals surface area (Å²) in [7, 11) is 3.62. The summed E-state index contributed by atoms with van der Waals surface area (Å²) in [6, 6.07) is 9.45. The zero-order valence-electron chi connectivity index (χ0n) is 18.4. The minimum atomic E-state index is -0.540. The first-order valence-electron chi connectivity index (χ1n) is 10.8. The number of nitrogens with one attached hydrogen (secondary N) is 1. The van der Waals surface area contributed by atoms with E-state index >= 15 is 0 Å². The molecule has 0 bridgehead atoms. The Labute approximate surface area is 183 Å². The number of benzene rings is 1.